The van der Waals surface area contributed by atoms with E-state index < -0.39 is 0 Å². The number of benzene rings is 3. The highest BCUT2D eigenvalue weighted by Crippen LogP contribution is 2.28. The van der Waals surface area contributed by atoms with Crippen molar-refractivity contribution in [3.8, 4) is 11.5 Å². The van der Waals surface area contributed by atoms with Crippen molar-refractivity contribution in [2.75, 3.05) is 19.0 Å². The van der Waals surface area contributed by atoms with Crippen molar-refractivity contribution in [2.45, 2.75) is 39.8 Å². The number of rotatable bonds is 11. The SMILES string of the molecule is CCOC(=O)Cc1ccccc1OCc1cc(CC)c2oc(CNc3ccc(OC)cc3)cc2c1. The molecular weight excluding hydrogens is 442 g/mol. The maximum atomic E-state index is 11.9. The molecule has 0 saturated carbocycles. The van der Waals surface area contributed by atoms with Crippen LogP contribution in [0.5, 0.6) is 11.5 Å². The number of para-hydroxylation sites is 1. The number of carbonyl (C=O) groups excluding carboxylic acids is 1. The second kappa shape index (κ2) is 11.5. The van der Waals surface area contributed by atoms with Crippen LogP contribution in [0.3, 0.4) is 0 Å². The number of nitrogens with one attached hydrogen (secondary N) is 1. The van der Waals surface area contributed by atoms with Crippen LogP contribution < -0.4 is 14.8 Å². The van der Waals surface area contributed by atoms with Crippen LogP contribution in [-0.2, 0) is 35.5 Å². The second-order valence-corrected chi connectivity index (χ2v) is 8.20. The minimum Gasteiger partial charge on any atom is -0.497 e. The summed E-state index contributed by atoms with van der Waals surface area (Å²) in [5.74, 6) is 2.12. The molecule has 0 aliphatic rings. The summed E-state index contributed by atoms with van der Waals surface area (Å²) in [6.07, 6.45) is 1.04. The molecule has 0 bridgehead atoms. The maximum absolute atomic E-state index is 11.9. The molecule has 3 aromatic carbocycles. The summed E-state index contributed by atoms with van der Waals surface area (Å²) in [6.45, 7) is 5.26. The summed E-state index contributed by atoms with van der Waals surface area (Å²) in [4.78, 5) is 11.9. The van der Waals surface area contributed by atoms with Gasteiger partial charge in [0.15, 0.2) is 0 Å². The third kappa shape index (κ3) is 6.15. The third-order valence-corrected chi connectivity index (χ3v) is 5.75. The largest absolute Gasteiger partial charge is 0.497 e. The highest BCUT2D eigenvalue weighted by molar-refractivity contribution is 5.82. The average Bonchev–Trinajstić information content (AvgIpc) is 3.30. The van der Waals surface area contributed by atoms with Crippen molar-refractivity contribution in [3.63, 3.8) is 0 Å². The number of aryl methyl sites for hydroxylation is 1. The van der Waals surface area contributed by atoms with Gasteiger partial charge in [-0.2, -0.15) is 0 Å². The number of anilines is 1. The molecule has 0 saturated heterocycles. The van der Waals surface area contributed by atoms with Gasteiger partial charge in [-0.3, -0.25) is 4.79 Å². The first-order chi connectivity index (χ1) is 17.1. The fraction of sp³-hybridized carbons (Fsp3) is 0.276. The molecule has 0 fully saturated rings. The third-order valence-electron chi connectivity index (χ3n) is 5.75. The van der Waals surface area contributed by atoms with Crippen molar-refractivity contribution < 1.29 is 23.4 Å². The van der Waals surface area contributed by atoms with E-state index in [1.807, 2.05) is 48.5 Å². The van der Waals surface area contributed by atoms with Gasteiger partial charge in [-0.15, -0.1) is 0 Å². The van der Waals surface area contributed by atoms with Crippen LogP contribution in [0.1, 0.15) is 36.3 Å². The van der Waals surface area contributed by atoms with Crippen molar-refractivity contribution >= 4 is 22.6 Å². The van der Waals surface area contributed by atoms with Gasteiger partial charge in [-0.05, 0) is 73.0 Å². The van der Waals surface area contributed by atoms with Gasteiger partial charge >= 0.3 is 5.97 Å². The van der Waals surface area contributed by atoms with E-state index in [1.54, 1.807) is 14.0 Å². The van der Waals surface area contributed by atoms with Crippen molar-refractivity contribution in [3.05, 3.63) is 89.2 Å². The number of ether oxygens (including phenoxy) is 3. The van der Waals surface area contributed by atoms with E-state index in [4.69, 9.17) is 18.6 Å². The van der Waals surface area contributed by atoms with Crippen LogP contribution in [-0.4, -0.2) is 19.7 Å². The highest BCUT2D eigenvalue weighted by atomic mass is 16.5. The van der Waals surface area contributed by atoms with Gasteiger partial charge in [-0.1, -0.05) is 25.1 Å². The minimum absolute atomic E-state index is 0.190. The maximum Gasteiger partial charge on any atom is 0.310 e. The zero-order chi connectivity index (χ0) is 24.6. The van der Waals surface area contributed by atoms with E-state index in [9.17, 15) is 4.79 Å². The molecule has 6 nitrogen and oxygen atoms in total. The minimum atomic E-state index is -0.257. The number of hydrogen-bond donors (Lipinski definition) is 1. The monoisotopic (exact) mass is 473 g/mol. The van der Waals surface area contributed by atoms with Crippen LogP contribution in [0.15, 0.2) is 71.1 Å². The Hall–Kier alpha value is -3.93. The molecule has 0 spiro atoms. The van der Waals surface area contributed by atoms with E-state index in [1.165, 1.54) is 0 Å². The van der Waals surface area contributed by atoms with Gasteiger partial charge in [0, 0.05) is 16.6 Å². The highest BCUT2D eigenvalue weighted by Gasteiger charge is 2.13. The molecule has 1 heterocycles. The van der Waals surface area contributed by atoms with E-state index in [0.717, 1.165) is 51.3 Å². The quantitative estimate of drug-likeness (QED) is 0.258. The molecule has 182 valence electrons. The predicted octanol–water partition coefficient (Wildman–Crippen LogP) is 6.30. The number of fused-ring (bicyclic) bond motifs is 1. The van der Waals surface area contributed by atoms with Crippen LogP contribution in [0, 0.1) is 0 Å². The smallest absolute Gasteiger partial charge is 0.310 e. The van der Waals surface area contributed by atoms with E-state index in [0.29, 0.717) is 25.5 Å². The fourth-order valence-corrected chi connectivity index (χ4v) is 4.00. The summed E-state index contributed by atoms with van der Waals surface area (Å²) in [5.41, 5.74) is 4.91. The standard InChI is InChI=1S/C29H31NO5/c1-4-21-14-20(19-34-27-9-7-6-8-22(27)17-28(31)33-5-2)15-23-16-26(35-29(21)23)18-30-24-10-12-25(32-3)13-11-24/h6-16,30H,4-5,17-19H2,1-3H3. The van der Waals surface area contributed by atoms with Gasteiger partial charge in [0.25, 0.3) is 0 Å². The molecule has 6 heteroatoms. The van der Waals surface area contributed by atoms with Crippen LogP contribution in [0.4, 0.5) is 5.69 Å². The van der Waals surface area contributed by atoms with Crippen LogP contribution in [0.25, 0.3) is 11.0 Å². The van der Waals surface area contributed by atoms with E-state index >= 15 is 0 Å². The Morgan fingerprint density at radius 2 is 1.77 bits per heavy atom. The molecule has 4 aromatic rings. The summed E-state index contributed by atoms with van der Waals surface area (Å²) < 4.78 is 22.6. The Kier molecular flexibility index (Phi) is 7.93. The first kappa shape index (κ1) is 24.2. The number of hydrogen-bond acceptors (Lipinski definition) is 6. The summed E-state index contributed by atoms with van der Waals surface area (Å²) in [5, 5.41) is 4.44. The van der Waals surface area contributed by atoms with E-state index in [-0.39, 0.29) is 12.4 Å². The fourth-order valence-electron chi connectivity index (χ4n) is 4.00. The van der Waals surface area contributed by atoms with Crippen LogP contribution in [0.2, 0.25) is 0 Å². The number of methoxy groups -OCH3 is 1. The molecule has 4 rings (SSSR count). The molecule has 0 aliphatic heterocycles. The summed E-state index contributed by atoms with van der Waals surface area (Å²) >= 11 is 0. The Labute approximate surface area is 205 Å². The van der Waals surface area contributed by atoms with E-state index in [2.05, 4.69) is 30.4 Å². The van der Waals surface area contributed by atoms with Gasteiger partial charge in [-0.25, -0.2) is 0 Å². The Bertz CT molecular complexity index is 1280. The lowest BCUT2D eigenvalue weighted by molar-refractivity contribution is -0.142. The average molecular weight is 474 g/mol. The van der Waals surface area contributed by atoms with Crippen molar-refractivity contribution in [1.29, 1.82) is 0 Å². The number of carbonyl (C=O) groups is 1. The summed E-state index contributed by atoms with van der Waals surface area (Å²) in [6, 6.07) is 21.7. The normalized spacial score (nSPS) is 10.8. The van der Waals surface area contributed by atoms with Crippen molar-refractivity contribution in [2.24, 2.45) is 0 Å². The zero-order valence-electron chi connectivity index (χ0n) is 20.4. The molecular formula is C29H31NO5. The lowest BCUT2D eigenvalue weighted by Gasteiger charge is -2.12. The zero-order valence-corrected chi connectivity index (χ0v) is 20.4. The molecule has 0 amide bonds. The molecule has 1 aromatic heterocycles. The lowest BCUT2D eigenvalue weighted by atomic mass is 10.1. The number of esters is 1. The topological polar surface area (TPSA) is 69.9 Å². The lowest BCUT2D eigenvalue weighted by Crippen LogP contribution is -2.09. The van der Waals surface area contributed by atoms with Gasteiger partial charge in [0.05, 0.1) is 26.7 Å². The van der Waals surface area contributed by atoms with Gasteiger partial charge in [0.2, 0.25) is 0 Å². The Balaban J connectivity index is 1.47. The molecule has 0 aliphatic carbocycles. The molecule has 0 unspecified atom stereocenters. The molecule has 1 N–H and O–H groups in total. The molecule has 0 radical (unpaired) electrons. The van der Waals surface area contributed by atoms with Crippen LogP contribution >= 0.6 is 0 Å². The first-order valence-electron chi connectivity index (χ1n) is 11.9. The van der Waals surface area contributed by atoms with Gasteiger partial charge in [0.1, 0.15) is 29.4 Å². The summed E-state index contributed by atoms with van der Waals surface area (Å²) in [7, 11) is 1.66. The first-order valence-corrected chi connectivity index (χ1v) is 11.9. The molecule has 0 atom stereocenters. The number of furan rings is 1. The van der Waals surface area contributed by atoms with Crippen molar-refractivity contribution in [1.82, 2.24) is 0 Å². The molecule has 35 heavy (non-hydrogen) atoms. The Morgan fingerprint density at radius 1 is 0.971 bits per heavy atom. The Morgan fingerprint density at radius 3 is 2.51 bits per heavy atom. The van der Waals surface area contributed by atoms with Gasteiger partial charge < -0.3 is 23.9 Å². The predicted molar refractivity (Wildman–Crippen MR) is 137 cm³/mol. The second-order valence-electron chi connectivity index (χ2n) is 8.20.